The molecule has 0 bridgehead atoms. The Morgan fingerprint density at radius 2 is 2.00 bits per heavy atom. The van der Waals surface area contributed by atoms with E-state index in [1.165, 1.54) is 6.07 Å². The molecule has 0 aliphatic heterocycles. The van der Waals surface area contributed by atoms with Crippen LogP contribution in [0.3, 0.4) is 0 Å². The number of carbonyl (C=O) groups excluding carboxylic acids is 1. The summed E-state index contributed by atoms with van der Waals surface area (Å²) in [6.07, 6.45) is 1.70. The number of carbonyl (C=O) groups is 2. The number of amides is 1. The first-order valence-corrected chi connectivity index (χ1v) is 9.54. The third-order valence-electron chi connectivity index (χ3n) is 4.71. The molecule has 0 aliphatic rings. The number of benzene rings is 1. The number of aryl methyl sites for hydroxylation is 2. The Labute approximate surface area is 163 Å². The fourth-order valence-electron chi connectivity index (χ4n) is 3.03. The Bertz CT molecular complexity index is 917. The molecular weight excluding hydrogens is 362 g/mol. The van der Waals surface area contributed by atoms with Crippen LogP contribution in [0, 0.1) is 6.92 Å². The fraction of sp³-hybridized carbons (Fsp3) is 0.476. The van der Waals surface area contributed by atoms with E-state index in [1.54, 1.807) is 26.0 Å². The van der Waals surface area contributed by atoms with Gasteiger partial charge in [-0.25, -0.2) is 9.59 Å². The number of hydrogen-bond acceptors (Lipinski definition) is 5. The lowest BCUT2D eigenvalue weighted by atomic mass is 10.0. The topological polar surface area (TPSA) is 106 Å². The Morgan fingerprint density at radius 1 is 1.29 bits per heavy atom. The van der Waals surface area contributed by atoms with Crippen molar-refractivity contribution in [3.63, 3.8) is 0 Å². The molecule has 7 nitrogen and oxygen atoms in total. The second-order valence-electron chi connectivity index (χ2n) is 6.81. The highest BCUT2D eigenvalue weighted by atomic mass is 16.5. The van der Waals surface area contributed by atoms with Gasteiger partial charge >= 0.3 is 11.6 Å². The molecule has 0 radical (unpaired) electrons. The van der Waals surface area contributed by atoms with Crippen LogP contribution in [0.5, 0.6) is 5.75 Å². The van der Waals surface area contributed by atoms with Gasteiger partial charge in [-0.1, -0.05) is 26.7 Å². The van der Waals surface area contributed by atoms with Crippen LogP contribution in [0.25, 0.3) is 11.0 Å². The van der Waals surface area contributed by atoms with Crippen molar-refractivity contribution in [1.29, 1.82) is 0 Å². The average Bonchev–Trinajstić information content (AvgIpc) is 2.66. The first-order valence-electron chi connectivity index (χ1n) is 9.54. The summed E-state index contributed by atoms with van der Waals surface area (Å²) in [6.45, 7) is 7.22. The monoisotopic (exact) mass is 389 g/mol. The maximum atomic E-state index is 12.4. The van der Waals surface area contributed by atoms with Crippen LogP contribution in [0.1, 0.15) is 51.2 Å². The number of rotatable bonds is 9. The smallest absolute Gasteiger partial charge is 0.336 e. The number of nitrogens with one attached hydrogen (secondary N) is 1. The molecule has 1 heterocycles. The van der Waals surface area contributed by atoms with Crippen LogP contribution in [0.15, 0.2) is 27.4 Å². The summed E-state index contributed by atoms with van der Waals surface area (Å²) in [5.41, 5.74) is 1.49. The van der Waals surface area contributed by atoms with E-state index < -0.39 is 29.6 Å². The van der Waals surface area contributed by atoms with Crippen molar-refractivity contribution in [3.05, 3.63) is 39.7 Å². The molecule has 0 unspecified atom stereocenters. The van der Waals surface area contributed by atoms with Gasteiger partial charge in [0, 0.05) is 17.0 Å². The lowest BCUT2D eigenvalue weighted by Crippen LogP contribution is -2.46. The van der Waals surface area contributed by atoms with Crippen LogP contribution >= 0.6 is 0 Å². The minimum absolute atomic E-state index is 0.365. The Morgan fingerprint density at radius 3 is 2.61 bits per heavy atom. The zero-order valence-electron chi connectivity index (χ0n) is 16.7. The molecule has 1 aromatic carbocycles. The van der Waals surface area contributed by atoms with E-state index >= 15 is 0 Å². The van der Waals surface area contributed by atoms with Crippen LogP contribution in [-0.4, -0.2) is 29.1 Å². The summed E-state index contributed by atoms with van der Waals surface area (Å²) in [5.74, 6) is -1.16. The van der Waals surface area contributed by atoms with Crippen molar-refractivity contribution in [3.8, 4) is 5.75 Å². The largest absolute Gasteiger partial charge is 0.480 e. The number of fused-ring (bicyclic) bond motifs is 1. The van der Waals surface area contributed by atoms with Gasteiger partial charge in [0.1, 0.15) is 17.4 Å². The summed E-state index contributed by atoms with van der Waals surface area (Å²) in [7, 11) is 0. The zero-order valence-corrected chi connectivity index (χ0v) is 16.7. The van der Waals surface area contributed by atoms with Gasteiger partial charge < -0.3 is 19.6 Å². The lowest BCUT2D eigenvalue weighted by Gasteiger charge is -2.20. The minimum Gasteiger partial charge on any atom is -0.480 e. The molecule has 7 heteroatoms. The highest BCUT2D eigenvalue weighted by molar-refractivity contribution is 5.87. The first-order chi connectivity index (χ1) is 13.3. The van der Waals surface area contributed by atoms with Gasteiger partial charge in [-0.05, 0) is 44.4 Å². The van der Waals surface area contributed by atoms with Gasteiger partial charge in [-0.3, -0.25) is 4.79 Å². The maximum Gasteiger partial charge on any atom is 0.336 e. The fourth-order valence-corrected chi connectivity index (χ4v) is 3.03. The van der Waals surface area contributed by atoms with E-state index in [2.05, 4.69) is 5.32 Å². The van der Waals surface area contributed by atoms with Gasteiger partial charge in [0.05, 0.1) is 0 Å². The van der Waals surface area contributed by atoms with Gasteiger partial charge in [0.15, 0.2) is 6.10 Å². The van der Waals surface area contributed by atoms with Crippen LogP contribution in [0.2, 0.25) is 0 Å². The lowest BCUT2D eigenvalue weighted by molar-refractivity contribution is -0.143. The molecule has 28 heavy (non-hydrogen) atoms. The van der Waals surface area contributed by atoms with Crippen molar-refractivity contribution in [2.75, 3.05) is 0 Å². The zero-order chi connectivity index (χ0) is 20.8. The van der Waals surface area contributed by atoms with Crippen LogP contribution in [-0.2, 0) is 16.0 Å². The highest BCUT2D eigenvalue weighted by Gasteiger charge is 2.24. The first kappa shape index (κ1) is 21.5. The number of unbranched alkanes of at least 4 members (excludes halogenated alkanes) is 1. The van der Waals surface area contributed by atoms with Crippen molar-refractivity contribution in [2.24, 2.45) is 0 Å². The Kier molecular flexibility index (Phi) is 7.20. The summed E-state index contributed by atoms with van der Waals surface area (Å²) in [5, 5.41) is 12.6. The molecule has 0 aliphatic carbocycles. The van der Waals surface area contributed by atoms with Gasteiger partial charge in [0.2, 0.25) is 0 Å². The summed E-state index contributed by atoms with van der Waals surface area (Å²) in [6, 6.07) is 4.06. The number of carboxylic acids is 1. The predicted octanol–water partition coefficient (Wildman–Crippen LogP) is 3.19. The summed E-state index contributed by atoms with van der Waals surface area (Å²) in [4.78, 5) is 35.5. The summed E-state index contributed by atoms with van der Waals surface area (Å²) < 4.78 is 11.1. The van der Waals surface area contributed by atoms with Crippen molar-refractivity contribution in [1.82, 2.24) is 5.32 Å². The SMILES string of the molecule is CCCC[C@@H](NC(=O)[C@H](C)Oc1ccc2c(CC)cc(=O)oc2c1C)C(=O)O. The average molecular weight is 389 g/mol. The third kappa shape index (κ3) is 4.91. The number of aliphatic carboxylic acids is 1. The highest BCUT2D eigenvalue weighted by Crippen LogP contribution is 2.29. The van der Waals surface area contributed by atoms with Gasteiger partial charge in [-0.15, -0.1) is 0 Å². The second kappa shape index (κ2) is 9.39. The minimum atomic E-state index is -1.07. The van der Waals surface area contributed by atoms with E-state index in [-0.39, 0.29) is 0 Å². The van der Waals surface area contributed by atoms with Gasteiger partial charge in [-0.2, -0.15) is 0 Å². The molecule has 1 aromatic heterocycles. The Balaban J connectivity index is 2.21. The molecule has 2 rings (SSSR count). The molecule has 2 aromatic rings. The molecule has 0 fully saturated rings. The van der Waals surface area contributed by atoms with E-state index in [9.17, 15) is 19.5 Å². The van der Waals surface area contributed by atoms with E-state index in [0.29, 0.717) is 36.2 Å². The van der Waals surface area contributed by atoms with Crippen molar-refractivity contribution < 1.29 is 23.8 Å². The predicted molar refractivity (Wildman–Crippen MR) is 106 cm³/mol. The van der Waals surface area contributed by atoms with Crippen LogP contribution < -0.4 is 15.7 Å². The van der Waals surface area contributed by atoms with E-state index in [0.717, 1.165) is 17.4 Å². The molecular formula is C21H27NO6. The normalized spacial score (nSPS) is 13.1. The van der Waals surface area contributed by atoms with E-state index in [1.807, 2.05) is 13.8 Å². The molecule has 0 saturated carbocycles. The quantitative estimate of drug-likeness (QED) is 0.638. The number of carboxylic acid groups (broad SMARTS) is 1. The molecule has 0 spiro atoms. The standard InChI is InChI=1S/C21H27NO6/c1-5-7-8-16(21(25)26)22-20(24)13(4)27-17-10-9-15-14(6-2)11-18(23)28-19(15)12(17)3/h9-11,13,16H,5-8H2,1-4H3,(H,22,24)(H,25,26)/t13-,16+/m0/s1. The number of ether oxygens (including phenoxy) is 1. The molecule has 2 atom stereocenters. The number of hydrogen-bond donors (Lipinski definition) is 2. The van der Waals surface area contributed by atoms with Crippen LogP contribution in [0.4, 0.5) is 0 Å². The Hall–Kier alpha value is -2.83. The second-order valence-corrected chi connectivity index (χ2v) is 6.81. The molecule has 0 saturated heterocycles. The molecule has 2 N–H and O–H groups in total. The van der Waals surface area contributed by atoms with Crippen molar-refractivity contribution in [2.45, 2.75) is 65.5 Å². The van der Waals surface area contributed by atoms with Crippen molar-refractivity contribution >= 4 is 22.8 Å². The summed E-state index contributed by atoms with van der Waals surface area (Å²) >= 11 is 0. The molecule has 152 valence electrons. The molecule has 1 amide bonds. The third-order valence-corrected chi connectivity index (χ3v) is 4.71. The van der Waals surface area contributed by atoms with Gasteiger partial charge in [0.25, 0.3) is 5.91 Å². The van der Waals surface area contributed by atoms with E-state index in [4.69, 9.17) is 9.15 Å². The maximum absolute atomic E-state index is 12.4.